The summed E-state index contributed by atoms with van der Waals surface area (Å²) in [5.41, 5.74) is 5.24. The van der Waals surface area contributed by atoms with Gasteiger partial charge in [0, 0.05) is 18.7 Å². The Morgan fingerprint density at radius 1 is 0.800 bits per heavy atom. The molecular formula is C25H41NO3S. The molecule has 0 aliphatic heterocycles. The summed E-state index contributed by atoms with van der Waals surface area (Å²) in [6, 6.07) is -0.600. The minimum atomic E-state index is -0.863. The van der Waals surface area contributed by atoms with E-state index >= 15 is 0 Å². The Morgan fingerprint density at radius 2 is 1.23 bits per heavy atom. The molecule has 0 aliphatic carbocycles. The van der Waals surface area contributed by atoms with Crippen molar-refractivity contribution in [2.24, 2.45) is 0 Å². The predicted octanol–water partition coefficient (Wildman–Crippen LogP) is 6.06. The smallest absolute Gasteiger partial charge is 0.321 e. The summed E-state index contributed by atoms with van der Waals surface area (Å²) in [4.78, 5) is 22.0. The highest BCUT2D eigenvalue weighted by Gasteiger charge is 2.12. The first-order chi connectivity index (χ1) is 14.1. The molecule has 0 bridgehead atoms. The van der Waals surface area contributed by atoms with E-state index in [0.717, 1.165) is 44.1 Å². The summed E-state index contributed by atoms with van der Waals surface area (Å²) in [6.45, 7) is 10.7. The third-order valence-corrected chi connectivity index (χ3v) is 5.28. The topological polar surface area (TPSA) is 66.4 Å². The summed E-state index contributed by atoms with van der Waals surface area (Å²) >= 11 is 4.04. The Hall–Kier alpha value is -1.59. The third-order valence-electron chi connectivity index (χ3n) is 4.92. The number of allylic oxidation sites excluding steroid dienone is 7. The van der Waals surface area contributed by atoms with E-state index in [9.17, 15) is 9.59 Å². The maximum Gasteiger partial charge on any atom is 0.321 e. The number of ketones is 1. The van der Waals surface area contributed by atoms with Crippen molar-refractivity contribution < 1.29 is 14.7 Å². The Balaban J connectivity index is 4.14. The molecule has 1 atom stereocenters. The molecule has 0 aromatic carbocycles. The molecule has 0 aliphatic rings. The molecule has 0 amide bonds. The zero-order chi connectivity index (χ0) is 22.9. The minimum Gasteiger partial charge on any atom is -0.480 e. The summed E-state index contributed by atoms with van der Waals surface area (Å²) in [5.74, 6) is -0.353. The number of carboxylic acids is 1. The molecule has 0 aromatic heterocycles. The second kappa shape index (κ2) is 17.1. The van der Waals surface area contributed by atoms with Gasteiger partial charge in [-0.15, -0.1) is 0 Å². The molecule has 0 saturated carbocycles. The lowest BCUT2D eigenvalue weighted by atomic mass is 10.0. The number of carboxylic acid groups (broad SMARTS) is 1. The van der Waals surface area contributed by atoms with E-state index < -0.39 is 12.0 Å². The van der Waals surface area contributed by atoms with Gasteiger partial charge in [-0.2, -0.15) is 12.6 Å². The first-order valence-corrected chi connectivity index (χ1v) is 11.5. The molecule has 30 heavy (non-hydrogen) atoms. The van der Waals surface area contributed by atoms with Crippen molar-refractivity contribution in [1.29, 1.82) is 0 Å². The van der Waals surface area contributed by atoms with Gasteiger partial charge >= 0.3 is 5.97 Å². The van der Waals surface area contributed by atoms with Crippen LogP contribution in [-0.2, 0) is 9.59 Å². The van der Waals surface area contributed by atoms with E-state index in [2.05, 4.69) is 63.0 Å². The van der Waals surface area contributed by atoms with Gasteiger partial charge in [-0.25, -0.2) is 0 Å². The Morgan fingerprint density at radius 3 is 1.63 bits per heavy atom. The monoisotopic (exact) mass is 435 g/mol. The van der Waals surface area contributed by atoms with E-state index in [1.54, 1.807) is 6.92 Å². The summed E-state index contributed by atoms with van der Waals surface area (Å²) in [5, 5.41) is 12.0. The van der Waals surface area contributed by atoms with Crippen molar-refractivity contribution in [3.05, 3.63) is 46.6 Å². The first-order valence-electron chi connectivity index (χ1n) is 10.8. The highest BCUT2D eigenvalue weighted by molar-refractivity contribution is 7.80. The number of carbonyl (C=O) groups is 2. The normalized spacial score (nSPS) is 14.7. The molecule has 4 nitrogen and oxygen atoms in total. The van der Waals surface area contributed by atoms with E-state index in [0.29, 0.717) is 13.0 Å². The van der Waals surface area contributed by atoms with Crippen molar-refractivity contribution in [1.82, 2.24) is 5.32 Å². The SMILES string of the molecule is CC(=O)C/C(C)=C/CC/C(C)=C/CC/C(C)=C/CC/C(C)=C/CN[C@@H](CS)C(=O)O. The van der Waals surface area contributed by atoms with Crippen molar-refractivity contribution in [3.63, 3.8) is 0 Å². The highest BCUT2D eigenvalue weighted by Crippen LogP contribution is 2.14. The van der Waals surface area contributed by atoms with Gasteiger partial charge < -0.3 is 10.4 Å². The van der Waals surface area contributed by atoms with Gasteiger partial charge in [0.25, 0.3) is 0 Å². The second-order valence-corrected chi connectivity index (χ2v) is 8.54. The zero-order valence-electron chi connectivity index (χ0n) is 19.5. The minimum absolute atomic E-state index is 0.223. The quantitative estimate of drug-likeness (QED) is 0.203. The first kappa shape index (κ1) is 28.4. The number of nitrogens with one attached hydrogen (secondary N) is 1. The number of aliphatic carboxylic acids is 1. The lowest BCUT2D eigenvalue weighted by molar-refractivity contribution is -0.138. The van der Waals surface area contributed by atoms with Crippen molar-refractivity contribution in [2.75, 3.05) is 12.3 Å². The van der Waals surface area contributed by atoms with Gasteiger partial charge in [0.1, 0.15) is 11.8 Å². The molecule has 0 aromatic rings. The lowest BCUT2D eigenvalue weighted by Gasteiger charge is -2.10. The van der Waals surface area contributed by atoms with Crippen LogP contribution < -0.4 is 5.32 Å². The Labute approximate surface area is 189 Å². The molecule has 0 radical (unpaired) electrons. The van der Waals surface area contributed by atoms with Crippen LogP contribution in [-0.4, -0.2) is 35.2 Å². The van der Waals surface area contributed by atoms with Crippen LogP contribution >= 0.6 is 12.6 Å². The molecule has 5 heteroatoms. The van der Waals surface area contributed by atoms with Crippen LogP contribution in [0.1, 0.15) is 79.6 Å². The fourth-order valence-corrected chi connectivity index (χ4v) is 3.30. The molecule has 0 rings (SSSR count). The largest absolute Gasteiger partial charge is 0.480 e. The number of Topliss-reactive ketones (excluding diaryl/α,β-unsaturated/α-hetero) is 1. The van der Waals surface area contributed by atoms with Crippen LogP contribution in [0.5, 0.6) is 0 Å². The summed E-state index contributed by atoms with van der Waals surface area (Å²) in [6.07, 6.45) is 15.6. The van der Waals surface area contributed by atoms with Crippen LogP contribution in [0.3, 0.4) is 0 Å². The Kier molecular flexibility index (Phi) is 16.2. The van der Waals surface area contributed by atoms with Crippen LogP contribution in [0.4, 0.5) is 0 Å². The van der Waals surface area contributed by atoms with E-state index in [4.69, 9.17) is 5.11 Å². The average molecular weight is 436 g/mol. The van der Waals surface area contributed by atoms with Crippen LogP contribution in [0.25, 0.3) is 0 Å². The number of rotatable bonds is 16. The number of carbonyl (C=O) groups excluding carboxylic acids is 1. The van der Waals surface area contributed by atoms with Crippen molar-refractivity contribution in [2.45, 2.75) is 85.6 Å². The lowest BCUT2D eigenvalue weighted by Crippen LogP contribution is -2.38. The summed E-state index contributed by atoms with van der Waals surface area (Å²) in [7, 11) is 0. The van der Waals surface area contributed by atoms with Crippen molar-refractivity contribution >= 4 is 24.4 Å². The number of hydrogen-bond donors (Lipinski definition) is 3. The van der Waals surface area contributed by atoms with Gasteiger partial charge in [-0.1, -0.05) is 46.6 Å². The molecule has 0 unspecified atom stereocenters. The second-order valence-electron chi connectivity index (χ2n) is 8.18. The predicted molar refractivity (Wildman–Crippen MR) is 131 cm³/mol. The number of thiol groups is 1. The van der Waals surface area contributed by atoms with Crippen molar-refractivity contribution in [3.8, 4) is 0 Å². The molecule has 0 saturated heterocycles. The van der Waals surface area contributed by atoms with Crippen LogP contribution in [0.2, 0.25) is 0 Å². The van der Waals surface area contributed by atoms with Gasteiger partial charge in [0.15, 0.2) is 0 Å². The number of hydrogen-bond acceptors (Lipinski definition) is 4. The summed E-state index contributed by atoms with van der Waals surface area (Å²) < 4.78 is 0. The maximum atomic E-state index is 11.1. The van der Waals surface area contributed by atoms with Crippen LogP contribution in [0.15, 0.2) is 46.6 Å². The highest BCUT2D eigenvalue weighted by atomic mass is 32.1. The van der Waals surface area contributed by atoms with E-state index in [1.807, 2.05) is 6.92 Å². The average Bonchev–Trinajstić information content (AvgIpc) is 2.64. The van der Waals surface area contributed by atoms with Gasteiger partial charge in [-0.05, 0) is 73.1 Å². The molecule has 2 N–H and O–H groups in total. The van der Waals surface area contributed by atoms with E-state index in [-0.39, 0.29) is 11.5 Å². The zero-order valence-corrected chi connectivity index (χ0v) is 20.4. The maximum absolute atomic E-state index is 11.1. The van der Waals surface area contributed by atoms with E-state index in [1.165, 1.54) is 16.7 Å². The van der Waals surface area contributed by atoms with Gasteiger partial charge in [0.2, 0.25) is 0 Å². The van der Waals surface area contributed by atoms with Crippen LogP contribution in [0, 0.1) is 0 Å². The standard InChI is InChI=1S/C25H41NO3S/c1-19(9-6-10-20(2)12-8-14-22(4)17-23(5)27)11-7-13-21(3)15-16-26-24(18-30)25(28)29/h10-11,14-15,24,26,30H,6-9,12-13,16-18H2,1-5H3,(H,28,29)/b19-11+,20-10+,21-15+,22-14+/t24-/m0/s1. The molecule has 0 fully saturated rings. The molecule has 0 spiro atoms. The molecular weight excluding hydrogens is 394 g/mol. The Bertz CT molecular complexity index is 659. The van der Waals surface area contributed by atoms with Gasteiger partial charge in [-0.3, -0.25) is 9.59 Å². The van der Waals surface area contributed by atoms with Gasteiger partial charge in [0.05, 0.1) is 0 Å². The fourth-order valence-electron chi connectivity index (χ4n) is 3.02. The fraction of sp³-hybridized carbons (Fsp3) is 0.600. The third kappa shape index (κ3) is 16.2. The molecule has 0 heterocycles. The molecule has 170 valence electrons.